The highest BCUT2D eigenvalue weighted by atomic mass is 28.4. The van der Waals surface area contributed by atoms with E-state index in [0.717, 1.165) is 10.4 Å². The molecule has 2 aromatic rings. The zero-order valence-corrected chi connectivity index (χ0v) is 16.0. The van der Waals surface area contributed by atoms with Gasteiger partial charge >= 0.3 is 5.97 Å². The van der Waals surface area contributed by atoms with Crippen molar-refractivity contribution >= 4 is 24.7 Å². The fourth-order valence-electron chi connectivity index (χ4n) is 3.24. The number of hydrogen-bond acceptors (Lipinski definition) is 3. The first-order valence-corrected chi connectivity index (χ1v) is 10.3. The van der Waals surface area contributed by atoms with Crippen LogP contribution in [0.5, 0.6) is 0 Å². The molecule has 0 amide bonds. The number of rotatable bonds is 7. The average Bonchev–Trinajstić information content (AvgIpc) is 2.55. The lowest BCUT2D eigenvalue weighted by atomic mass is 10.2. The molecule has 2 aromatic carbocycles. The third-order valence-electron chi connectivity index (χ3n) is 4.32. The van der Waals surface area contributed by atoms with Crippen LogP contribution in [-0.2, 0) is 9.22 Å². The fraction of sp³-hybridized carbons (Fsp3) is 0.350. The third kappa shape index (κ3) is 4.37. The van der Waals surface area contributed by atoms with Crippen LogP contribution in [0.2, 0.25) is 5.04 Å². The summed E-state index contributed by atoms with van der Waals surface area (Å²) in [7, 11) is -2.72. The highest BCUT2D eigenvalue weighted by Gasteiger charge is 2.50. The molecule has 4 nitrogen and oxygen atoms in total. The van der Waals surface area contributed by atoms with Gasteiger partial charge in [0.1, 0.15) is 0 Å². The van der Waals surface area contributed by atoms with E-state index in [4.69, 9.17) is 9.53 Å². The molecule has 0 radical (unpaired) electrons. The first kappa shape index (κ1) is 19.4. The second-order valence-corrected chi connectivity index (χ2v) is 11.5. The monoisotopic (exact) mass is 358 g/mol. The average molecular weight is 359 g/mol. The quantitative estimate of drug-likeness (QED) is 0.746. The normalized spacial score (nSPS) is 13.4. The molecule has 1 unspecified atom stereocenters. The van der Waals surface area contributed by atoms with Crippen LogP contribution in [0.1, 0.15) is 27.2 Å². The minimum absolute atomic E-state index is 0.000416. The van der Waals surface area contributed by atoms with E-state index in [9.17, 15) is 9.90 Å². The van der Waals surface area contributed by atoms with E-state index in [2.05, 4.69) is 45.0 Å². The lowest BCUT2D eigenvalue weighted by Crippen LogP contribution is -2.67. The molecule has 0 aliphatic rings. The van der Waals surface area contributed by atoms with Gasteiger partial charge in [0.15, 0.2) is 0 Å². The standard InChI is InChI=1S/C20H26O4Si/c1-20(2,3)25(17-10-6-4-7-11-17,18-12-8-5-9-13-18)24-15-16(21)14-19(22)23/h4-13,16,21H,14-15H2,1-3H3,(H,22,23). The van der Waals surface area contributed by atoms with Crippen molar-refractivity contribution in [3.05, 3.63) is 60.7 Å². The molecule has 0 saturated heterocycles. The van der Waals surface area contributed by atoms with E-state index in [-0.39, 0.29) is 18.1 Å². The molecule has 0 spiro atoms. The Morgan fingerprint density at radius 1 is 1.00 bits per heavy atom. The number of aliphatic hydroxyl groups is 1. The molecule has 2 rings (SSSR count). The van der Waals surface area contributed by atoms with Gasteiger partial charge in [-0.2, -0.15) is 0 Å². The highest BCUT2D eigenvalue weighted by molar-refractivity contribution is 6.99. The molecular formula is C20H26O4Si. The van der Waals surface area contributed by atoms with Crippen LogP contribution in [0.25, 0.3) is 0 Å². The van der Waals surface area contributed by atoms with Crippen LogP contribution in [0.3, 0.4) is 0 Å². The maximum Gasteiger partial charge on any atom is 0.306 e. The SMILES string of the molecule is CC(C)(C)[Si](OCC(O)CC(=O)O)(c1ccccc1)c1ccccc1. The molecule has 25 heavy (non-hydrogen) atoms. The van der Waals surface area contributed by atoms with Crippen molar-refractivity contribution in [2.75, 3.05) is 6.61 Å². The molecule has 0 fully saturated rings. The van der Waals surface area contributed by atoms with Gasteiger partial charge in [0.25, 0.3) is 8.32 Å². The molecule has 0 aromatic heterocycles. The van der Waals surface area contributed by atoms with Gasteiger partial charge in [-0.05, 0) is 15.4 Å². The summed E-state index contributed by atoms with van der Waals surface area (Å²) in [4.78, 5) is 10.9. The van der Waals surface area contributed by atoms with E-state index in [1.54, 1.807) is 0 Å². The summed E-state index contributed by atoms with van der Waals surface area (Å²) < 4.78 is 6.45. The molecule has 0 saturated carbocycles. The van der Waals surface area contributed by atoms with Gasteiger partial charge in [-0.1, -0.05) is 81.4 Å². The highest BCUT2D eigenvalue weighted by Crippen LogP contribution is 2.36. The molecule has 0 aliphatic heterocycles. The fourth-order valence-corrected chi connectivity index (χ4v) is 7.84. The Morgan fingerprint density at radius 3 is 1.80 bits per heavy atom. The van der Waals surface area contributed by atoms with Crippen LogP contribution in [0.15, 0.2) is 60.7 Å². The van der Waals surface area contributed by atoms with Gasteiger partial charge in [-0.15, -0.1) is 0 Å². The molecule has 0 bridgehead atoms. The van der Waals surface area contributed by atoms with Crippen LogP contribution in [-0.4, -0.2) is 37.2 Å². The van der Waals surface area contributed by atoms with Crippen molar-refractivity contribution in [3.8, 4) is 0 Å². The van der Waals surface area contributed by atoms with Crippen molar-refractivity contribution in [2.24, 2.45) is 0 Å². The maximum atomic E-state index is 10.9. The summed E-state index contributed by atoms with van der Waals surface area (Å²) in [5.74, 6) is -1.03. The first-order valence-electron chi connectivity index (χ1n) is 8.42. The Hall–Kier alpha value is -1.95. The van der Waals surface area contributed by atoms with Crippen LogP contribution in [0.4, 0.5) is 0 Å². The maximum absolute atomic E-state index is 10.9. The predicted octanol–water partition coefficient (Wildman–Crippen LogP) is 2.40. The number of carboxylic acid groups (broad SMARTS) is 1. The first-order chi connectivity index (χ1) is 11.8. The minimum Gasteiger partial charge on any atom is -0.481 e. The number of carbonyl (C=O) groups is 1. The van der Waals surface area contributed by atoms with E-state index in [1.807, 2.05) is 36.4 Å². The Kier molecular flexibility index (Phi) is 6.16. The second-order valence-electron chi connectivity index (χ2n) is 7.23. The van der Waals surface area contributed by atoms with E-state index >= 15 is 0 Å². The van der Waals surface area contributed by atoms with Crippen LogP contribution in [0, 0.1) is 0 Å². The van der Waals surface area contributed by atoms with Gasteiger partial charge < -0.3 is 14.6 Å². The molecular weight excluding hydrogens is 332 g/mol. The van der Waals surface area contributed by atoms with Crippen molar-refractivity contribution in [1.82, 2.24) is 0 Å². The molecule has 1 atom stereocenters. The summed E-state index contributed by atoms with van der Waals surface area (Å²) in [6, 6.07) is 20.1. The smallest absolute Gasteiger partial charge is 0.306 e. The largest absolute Gasteiger partial charge is 0.481 e. The Labute approximate surface area is 150 Å². The molecule has 5 heteroatoms. The van der Waals surface area contributed by atoms with Crippen LogP contribution < -0.4 is 10.4 Å². The lowest BCUT2D eigenvalue weighted by Gasteiger charge is -2.43. The number of carboxylic acids is 1. The van der Waals surface area contributed by atoms with Gasteiger partial charge in [0.05, 0.1) is 19.1 Å². The van der Waals surface area contributed by atoms with Gasteiger partial charge in [-0.3, -0.25) is 4.79 Å². The van der Waals surface area contributed by atoms with Crippen LogP contribution >= 0.6 is 0 Å². The summed E-state index contributed by atoms with van der Waals surface area (Å²) in [5.41, 5.74) is 0. The van der Waals surface area contributed by atoms with E-state index in [0.29, 0.717) is 0 Å². The van der Waals surface area contributed by atoms with Crippen molar-refractivity contribution in [2.45, 2.75) is 38.3 Å². The number of aliphatic carboxylic acids is 1. The Bertz CT molecular complexity index is 640. The minimum atomic E-state index is -2.72. The molecule has 0 heterocycles. The van der Waals surface area contributed by atoms with Crippen molar-refractivity contribution < 1.29 is 19.4 Å². The zero-order chi connectivity index (χ0) is 18.5. The van der Waals surface area contributed by atoms with Crippen molar-refractivity contribution in [3.63, 3.8) is 0 Å². The third-order valence-corrected chi connectivity index (χ3v) is 9.32. The number of hydrogen-bond donors (Lipinski definition) is 2. The van der Waals surface area contributed by atoms with E-state index in [1.165, 1.54) is 0 Å². The molecule has 0 aliphatic carbocycles. The van der Waals surface area contributed by atoms with Crippen molar-refractivity contribution in [1.29, 1.82) is 0 Å². The Morgan fingerprint density at radius 2 is 1.44 bits per heavy atom. The Balaban J connectivity index is 2.51. The topological polar surface area (TPSA) is 66.8 Å². The van der Waals surface area contributed by atoms with Gasteiger partial charge in [-0.25, -0.2) is 0 Å². The summed E-state index contributed by atoms with van der Waals surface area (Å²) in [6.45, 7) is 6.42. The number of aliphatic hydroxyl groups excluding tert-OH is 1. The summed E-state index contributed by atoms with van der Waals surface area (Å²) in [6.07, 6.45) is -1.35. The number of benzene rings is 2. The zero-order valence-electron chi connectivity index (χ0n) is 15.0. The molecule has 134 valence electrons. The van der Waals surface area contributed by atoms with E-state index < -0.39 is 20.4 Å². The predicted molar refractivity (Wildman–Crippen MR) is 102 cm³/mol. The molecule has 2 N–H and O–H groups in total. The van der Waals surface area contributed by atoms with Gasteiger partial charge in [0.2, 0.25) is 0 Å². The lowest BCUT2D eigenvalue weighted by molar-refractivity contribution is -0.139. The second kappa shape index (κ2) is 7.95. The summed E-state index contributed by atoms with van der Waals surface area (Å²) >= 11 is 0. The summed E-state index contributed by atoms with van der Waals surface area (Å²) in [5, 5.41) is 21.0. The van der Waals surface area contributed by atoms with Gasteiger partial charge in [0, 0.05) is 0 Å².